The number of nitrogens with zero attached hydrogens (tertiary/aromatic N) is 2. The minimum absolute atomic E-state index is 0.0362. The van der Waals surface area contributed by atoms with Crippen molar-refractivity contribution in [2.75, 3.05) is 18.1 Å². The molecule has 122 valence electrons. The van der Waals surface area contributed by atoms with Crippen molar-refractivity contribution in [2.24, 2.45) is 0 Å². The Morgan fingerprint density at radius 3 is 2.86 bits per heavy atom. The second-order valence-corrected chi connectivity index (χ2v) is 5.14. The summed E-state index contributed by atoms with van der Waals surface area (Å²) in [6.07, 6.45) is 3.45. The molecule has 1 aliphatic rings. The van der Waals surface area contributed by atoms with Crippen LogP contribution in [0.1, 0.15) is 25.7 Å². The lowest BCUT2D eigenvalue weighted by Gasteiger charge is -2.37. The molecule has 0 spiro atoms. The molecule has 0 aliphatic carbocycles. The molecule has 1 N–H and O–H groups in total. The summed E-state index contributed by atoms with van der Waals surface area (Å²) in [5, 5.41) is 20.0. The lowest BCUT2D eigenvalue weighted by Crippen LogP contribution is -2.40. The van der Waals surface area contributed by atoms with Crippen molar-refractivity contribution in [1.29, 1.82) is 0 Å². The van der Waals surface area contributed by atoms with Gasteiger partial charge in [0.25, 0.3) is 0 Å². The molecule has 2 rings (SSSR count). The molecule has 1 aromatic carbocycles. The minimum atomic E-state index is -3.12. The first-order chi connectivity index (χ1) is 10.5. The number of alkyl halides is 2. The summed E-state index contributed by atoms with van der Waals surface area (Å²) in [4.78, 5) is 12.1. The summed E-state index contributed by atoms with van der Waals surface area (Å²) >= 11 is 0. The van der Waals surface area contributed by atoms with E-state index in [-0.39, 0.29) is 12.6 Å². The zero-order chi connectivity index (χ0) is 16.1. The average Bonchev–Trinajstić information content (AvgIpc) is 2.47. The van der Waals surface area contributed by atoms with Crippen LogP contribution in [0.3, 0.4) is 0 Å². The Balaban J connectivity index is 2.31. The number of aliphatic hydroxyl groups excluding tert-OH is 1. The van der Waals surface area contributed by atoms with E-state index < -0.39 is 23.0 Å². The van der Waals surface area contributed by atoms with Gasteiger partial charge in [-0.3, -0.25) is 10.1 Å². The molecular weight excluding hydrogens is 298 g/mol. The van der Waals surface area contributed by atoms with Crippen LogP contribution in [0.15, 0.2) is 18.2 Å². The van der Waals surface area contributed by atoms with Gasteiger partial charge < -0.3 is 14.7 Å². The summed E-state index contributed by atoms with van der Waals surface area (Å²) in [5.41, 5.74) is 0.110. The van der Waals surface area contributed by atoms with Gasteiger partial charge in [-0.05, 0) is 31.7 Å². The highest BCUT2D eigenvalue weighted by Gasteiger charge is 2.25. The van der Waals surface area contributed by atoms with Gasteiger partial charge in [-0.1, -0.05) is 0 Å². The van der Waals surface area contributed by atoms with Crippen molar-refractivity contribution in [3.8, 4) is 5.75 Å². The molecule has 1 aromatic rings. The first kappa shape index (κ1) is 16.4. The first-order valence-corrected chi connectivity index (χ1v) is 7.13. The maximum absolute atomic E-state index is 12.4. The number of halogens is 2. The molecular formula is C14H18F2N2O4. The second kappa shape index (κ2) is 7.35. The zero-order valence-corrected chi connectivity index (χ0v) is 12.0. The third kappa shape index (κ3) is 3.82. The maximum atomic E-state index is 12.4. The van der Waals surface area contributed by atoms with E-state index in [4.69, 9.17) is 5.11 Å². The van der Waals surface area contributed by atoms with Crippen molar-refractivity contribution in [2.45, 2.75) is 38.3 Å². The van der Waals surface area contributed by atoms with E-state index in [1.807, 2.05) is 4.90 Å². The van der Waals surface area contributed by atoms with Gasteiger partial charge in [0.15, 0.2) is 0 Å². The van der Waals surface area contributed by atoms with Crippen LogP contribution in [0.4, 0.5) is 20.2 Å². The Kier molecular flexibility index (Phi) is 5.48. The molecule has 1 aliphatic heterocycles. The topological polar surface area (TPSA) is 75.8 Å². The predicted octanol–water partition coefficient (Wildman–Crippen LogP) is 2.94. The number of nitro benzene ring substituents is 1. The van der Waals surface area contributed by atoms with E-state index in [1.165, 1.54) is 18.2 Å². The summed E-state index contributed by atoms with van der Waals surface area (Å²) in [5.74, 6) is -0.439. The molecule has 0 saturated carbocycles. The molecule has 0 aromatic heterocycles. The number of benzene rings is 1. The maximum Gasteiger partial charge on any atom is 0.387 e. The van der Waals surface area contributed by atoms with E-state index in [9.17, 15) is 18.9 Å². The fraction of sp³-hybridized carbons (Fsp3) is 0.571. The van der Waals surface area contributed by atoms with Crippen LogP contribution in [-0.4, -0.2) is 35.8 Å². The number of hydrogen-bond acceptors (Lipinski definition) is 5. The number of hydrogen-bond donors (Lipinski definition) is 1. The number of piperidine rings is 1. The average molecular weight is 316 g/mol. The first-order valence-electron chi connectivity index (χ1n) is 7.13. The molecule has 6 nitrogen and oxygen atoms in total. The number of nitro groups is 1. The Hall–Kier alpha value is -1.96. The van der Waals surface area contributed by atoms with E-state index in [1.54, 1.807) is 0 Å². The summed E-state index contributed by atoms with van der Waals surface area (Å²) in [7, 11) is 0. The van der Waals surface area contributed by atoms with Crippen molar-refractivity contribution >= 4 is 11.4 Å². The van der Waals surface area contributed by atoms with E-state index in [0.29, 0.717) is 12.1 Å². The number of rotatable bonds is 6. The standard InChI is InChI=1S/C14H18F2N2O4/c15-14(16)22-13-9-11(4-5-12(13)18(20)21)17-7-2-1-3-10(17)6-8-19/h4-5,9-10,14,19H,1-3,6-8H2. The molecule has 1 saturated heterocycles. The van der Waals surface area contributed by atoms with Crippen LogP contribution < -0.4 is 9.64 Å². The fourth-order valence-corrected chi connectivity index (χ4v) is 2.81. The summed E-state index contributed by atoms with van der Waals surface area (Å²) in [6.45, 7) is -2.37. The number of aliphatic hydroxyl groups is 1. The Morgan fingerprint density at radius 2 is 2.23 bits per heavy atom. The minimum Gasteiger partial charge on any atom is -0.427 e. The Morgan fingerprint density at radius 1 is 1.45 bits per heavy atom. The quantitative estimate of drug-likeness (QED) is 0.645. The van der Waals surface area contributed by atoms with Crippen molar-refractivity contribution in [3.63, 3.8) is 0 Å². The smallest absolute Gasteiger partial charge is 0.387 e. The van der Waals surface area contributed by atoms with Gasteiger partial charge in [0.1, 0.15) is 0 Å². The lowest BCUT2D eigenvalue weighted by atomic mass is 9.98. The molecule has 0 amide bonds. The van der Waals surface area contributed by atoms with Gasteiger partial charge in [-0.25, -0.2) is 0 Å². The predicted molar refractivity (Wildman–Crippen MR) is 76.4 cm³/mol. The highest BCUT2D eigenvalue weighted by Crippen LogP contribution is 2.35. The van der Waals surface area contributed by atoms with Gasteiger partial charge in [0.05, 0.1) is 4.92 Å². The van der Waals surface area contributed by atoms with Crippen LogP contribution in [0.2, 0.25) is 0 Å². The van der Waals surface area contributed by atoms with Crippen LogP contribution in [0.5, 0.6) is 5.75 Å². The highest BCUT2D eigenvalue weighted by atomic mass is 19.3. The van der Waals surface area contributed by atoms with E-state index in [0.717, 1.165) is 25.8 Å². The lowest BCUT2D eigenvalue weighted by molar-refractivity contribution is -0.386. The van der Waals surface area contributed by atoms with Gasteiger partial charge >= 0.3 is 12.3 Å². The van der Waals surface area contributed by atoms with Gasteiger partial charge in [0.2, 0.25) is 5.75 Å². The van der Waals surface area contributed by atoms with Crippen molar-refractivity contribution in [3.05, 3.63) is 28.3 Å². The SMILES string of the molecule is O=[N+]([O-])c1ccc(N2CCCCC2CCO)cc1OC(F)F. The van der Waals surface area contributed by atoms with Crippen LogP contribution in [-0.2, 0) is 0 Å². The van der Waals surface area contributed by atoms with Crippen molar-refractivity contribution < 1.29 is 23.5 Å². The molecule has 0 bridgehead atoms. The van der Waals surface area contributed by atoms with Crippen LogP contribution >= 0.6 is 0 Å². The van der Waals surface area contributed by atoms with Gasteiger partial charge in [0, 0.05) is 37.0 Å². The molecule has 1 atom stereocenters. The van der Waals surface area contributed by atoms with Crippen LogP contribution in [0.25, 0.3) is 0 Å². The fourth-order valence-electron chi connectivity index (χ4n) is 2.81. The summed E-state index contributed by atoms with van der Waals surface area (Å²) in [6, 6.07) is 4.09. The molecule has 8 heteroatoms. The molecule has 0 radical (unpaired) electrons. The van der Waals surface area contributed by atoms with E-state index >= 15 is 0 Å². The van der Waals surface area contributed by atoms with Crippen LogP contribution in [0, 0.1) is 10.1 Å². The van der Waals surface area contributed by atoms with E-state index in [2.05, 4.69) is 4.74 Å². The third-order valence-corrected chi connectivity index (χ3v) is 3.78. The monoisotopic (exact) mass is 316 g/mol. The number of anilines is 1. The number of ether oxygens (including phenoxy) is 1. The molecule has 22 heavy (non-hydrogen) atoms. The van der Waals surface area contributed by atoms with Gasteiger partial charge in [-0.15, -0.1) is 0 Å². The highest BCUT2D eigenvalue weighted by molar-refractivity contribution is 5.60. The summed E-state index contributed by atoms with van der Waals surface area (Å²) < 4.78 is 29.2. The molecule has 1 unspecified atom stereocenters. The zero-order valence-electron chi connectivity index (χ0n) is 12.0. The molecule has 1 fully saturated rings. The Bertz CT molecular complexity index is 526. The molecule has 1 heterocycles. The second-order valence-electron chi connectivity index (χ2n) is 5.14. The van der Waals surface area contributed by atoms with Crippen molar-refractivity contribution in [1.82, 2.24) is 0 Å². The van der Waals surface area contributed by atoms with Gasteiger partial charge in [-0.2, -0.15) is 8.78 Å². The largest absolute Gasteiger partial charge is 0.427 e. The Labute approximate surface area is 126 Å². The third-order valence-electron chi connectivity index (χ3n) is 3.78. The normalized spacial score (nSPS) is 18.5.